The Hall–Kier alpha value is -1.28. The first-order valence-corrected chi connectivity index (χ1v) is 5.11. The van der Waals surface area contributed by atoms with Crippen LogP contribution in [0.15, 0.2) is 30.4 Å². The molecule has 0 saturated heterocycles. The van der Waals surface area contributed by atoms with Gasteiger partial charge in [0.05, 0.1) is 13.2 Å². The van der Waals surface area contributed by atoms with Gasteiger partial charge in [0.2, 0.25) is 0 Å². The molecule has 0 heterocycles. The van der Waals surface area contributed by atoms with Crippen molar-refractivity contribution in [2.24, 2.45) is 0 Å². The summed E-state index contributed by atoms with van der Waals surface area (Å²) in [6, 6.07) is 5.78. The van der Waals surface area contributed by atoms with Crippen LogP contribution in [-0.4, -0.2) is 11.7 Å². The monoisotopic (exact) mass is 206 g/mol. The lowest BCUT2D eigenvalue weighted by molar-refractivity contribution is 0.263. The van der Waals surface area contributed by atoms with E-state index >= 15 is 0 Å². The molecule has 0 amide bonds. The number of aliphatic hydroxyl groups is 1. The predicted molar refractivity (Wildman–Crippen MR) is 62.0 cm³/mol. The Morgan fingerprint density at radius 3 is 2.80 bits per heavy atom. The van der Waals surface area contributed by atoms with Crippen molar-refractivity contribution in [1.29, 1.82) is 0 Å². The van der Waals surface area contributed by atoms with Crippen LogP contribution in [0, 0.1) is 6.92 Å². The molecule has 1 N–H and O–H groups in total. The van der Waals surface area contributed by atoms with E-state index in [1.54, 1.807) is 0 Å². The van der Waals surface area contributed by atoms with Crippen LogP contribution in [0.5, 0.6) is 5.75 Å². The van der Waals surface area contributed by atoms with Gasteiger partial charge in [0, 0.05) is 12.0 Å². The molecule has 1 aromatic carbocycles. The van der Waals surface area contributed by atoms with Crippen LogP contribution >= 0.6 is 0 Å². The number of aliphatic hydroxyl groups excluding tert-OH is 1. The van der Waals surface area contributed by atoms with E-state index < -0.39 is 0 Å². The summed E-state index contributed by atoms with van der Waals surface area (Å²) >= 11 is 0. The molecule has 0 atom stereocenters. The minimum atomic E-state index is 0.0179. The highest BCUT2D eigenvalue weighted by atomic mass is 16.5. The van der Waals surface area contributed by atoms with Crippen molar-refractivity contribution < 1.29 is 9.84 Å². The topological polar surface area (TPSA) is 29.5 Å². The van der Waals surface area contributed by atoms with E-state index in [0.29, 0.717) is 6.61 Å². The van der Waals surface area contributed by atoms with Gasteiger partial charge in [-0.2, -0.15) is 0 Å². The minimum absolute atomic E-state index is 0.0179. The molecule has 0 spiro atoms. The quantitative estimate of drug-likeness (QED) is 0.751. The van der Waals surface area contributed by atoms with Gasteiger partial charge in [-0.1, -0.05) is 23.8 Å². The Morgan fingerprint density at radius 1 is 1.47 bits per heavy atom. The summed E-state index contributed by atoms with van der Waals surface area (Å²) < 4.78 is 5.65. The van der Waals surface area contributed by atoms with Crippen molar-refractivity contribution in [2.45, 2.75) is 26.9 Å². The van der Waals surface area contributed by atoms with Gasteiger partial charge in [-0.05, 0) is 19.4 Å². The SMILES string of the molecule is C=C(C)CCOc1c(C)cccc1CO. The maximum atomic E-state index is 9.15. The molecule has 15 heavy (non-hydrogen) atoms. The largest absolute Gasteiger partial charge is 0.493 e. The lowest BCUT2D eigenvalue weighted by Gasteiger charge is -2.12. The van der Waals surface area contributed by atoms with Crippen LogP contribution < -0.4 is 4.74 Å². The molecule has 0 aliphatic rings. The third kappa shape index (κ3) is 3.40. The molecule has 2 nitrogen and oxygen atoms in total. The van der Waals surface area contributed by atoms with Crippen molar-refractivity contribution in [3.63, 3.8) is 0 Å². The van der Waals surface area contributed by atoms with Crippen molar-refractivity contribution in [3.8, 4) is 5.75 Å². The van der Waals surface area contributed by atoms with Crippen LogP contribution in [-0.2, 0) is 6.61 Å². The predicted octanol–water partition coefficient (Wildman–Crippen LogP) is 2.83. The smallest absolute Gasteiger partial charge is 0.127 e. The zero-order valence-corrected chi connectivity index (χ0v) is 9.42. The van der Waals surface area contributed by atoms with Crippen molar-refractivity contribution >= 4 is 0 Å². The normalized spacial score (nSPS) is 10.1. The van der Waals surface area contributed by atoms with Gasteiger partial charge in [-0.15, -0.1) is 6.58 Å². The van der Waals surface area contributed by atoms with E-state index in [9.17, 15) is 0 Å². The van der Waals surface area contributed by atoms with Gasteiger partial charge in [0.25, 0.3) is 0 Å². The Bertz CT molecular complexity index is 342. The van der Waals surface area contributed by atoms with Crippen LogP contribution in [0.4, 0.5) is 0 Å². The highest BCUT2D eigenvalue weighted by Gasteiger charge is 2.05. The van der Waals surface area contributed by atoms with Crippen molar-refractivity contribution in [3.05, 3.63) is 41.5 Å². The summed E-state index contributed by atoms with van der Waals surface area (Å²) in [6.07, 6.45) is 0.846. The summed E-state index contributed by atoms with van der Waals surface area (Å²) in [5, 5.41) is 9.15. The first-order chi connectivity index (χ1) is 7.15. The van der Waals surface area contributed by atoms with Crippen LogP contribution in [0.25, 0.3) is 0 Å². The summed E-state index contributed by atoms with van der Waals surface area (Å²) in [6.45, 7) is 8.42. The number of benzene rings is 1. The van der Waals surface area contributed by atoms with E-state index in [-0.39, 0.29) is 6.61 Å². The Labute approximate surface area is 91.2 Å². The number of hydrogen-bond donors (Lipinski definition) is 1. The molecular formula is C13H18O2. The maximum absolute atomic E-state index is 9.15. The molecule has 0 aromatic heterocycles. The Kier molecular flexibility index (Phi) is 4.37. The van der Waals surface area contributed by atoms with Gasteiger partial charge < -0.3 is 9.84 Å². The number of hydrogen-bond acceptors (Lipinski definition) is 2. The van der Waals surface area contributed by atoms with Crippen molar-refractivity contribution in [2.75, 3.05) is 6.61 Å². The summed E-state index contributed by atoms with van der Waals surface area (Å²) in [4.78, 5) is 0. The van der Waals surface area contributed by atoms with Gasteiger partial charge in [-0.25, -0.2) is 0 Å². The van der Waals surface area contributed by atoms with Gasteiger partial charge in [0.15, 0.2) is 0 Å². The van der Waals surface area contributed by atoms with Crippen LogP contribution in [0.1, 0.15) is 24.5 Å². The standard InChI is InChI=1S/C13H18O2/c1-10(2)7-8-15-13-11(3)5-4-6-12(13)9-14/h4-6,14H,1,7-9H2,2-3H3. The molecule has 0 radical (unpaired) electrons. The number of rotatable bonds is 5. The zero-order chi connectivity index (χ0) is 11.3. The fourth-order valence-corrected chi connectivity index (χ4v) is 1.37. The Balaban J connectivity index is 2.70. The number of aryl methyl sites for hydroxylation is 1. The molecule has 0 aliphatic heterocycles. The average Bonchev–Trinajstić information content (AvgIpc) is 2.20. The van der Waals surface area contributed by atoms with Crippen LogP contribution in [0.3, 0.4) is 0 Å². The summed E-state index contributed by atoms with van der Waals surface area (Å²) in [7, 11) is 0. The molecule has 1 rings (SSSR count). The number of ether oxygens (including phenoxy) is 1. The second-order valence-electron chi connectivity index (χ2n) is 3.78. The fourth-order valence-electron chi connectivity index (χ4n) is 1.37. The molecule has 0 saturated carbocycles. The highest BCUT2D eigenvalue weighted by Crippen LogP contribution is 2.23. The molecule has 0 fully saturated rings. The maximum Gasteiger partial charge on any atom is 0.127 e. The first-order valence-electron chi connectivity index (χ1n) is 5.11. The number of para-hydroxylation sites is 1. The lowest BCUT2D eigenvalue weighted by atomic mass is 10.1. The third-order valence-corrected chi connectivity index (χ3v) is 2.24. The average molecular weight is 206 g/mol. The van der Waals surface area contributed by atoms with E-state index in [1.165, 1.54) is 0 Å². The lowest BCUT2D eigenvalue weighted by Crippen LogP contribution is -2.02. The van der Waals surface area contributed by atoms with E-state index in [1.807, 2.05) is 32.0 Å². The zero-order valence-electron chi connectivity index (χ0n) is 9.42. The van der Waals surface area contributed by atoms with Gasteiger partial charge >= 0.3 is 0 Å². The summed E-state index contributed by atoms with van der Waals surface area (Å²) in [5.41, 5.74) is 3.01. The van der Waals surface area contributed by atoms with Gasteiger partial charge in [0.1, 0.15) is 5.75 Å². The molecule has 0 aliphatic carbocycles. The van der Waals surface area contributed by atoms with E-state index in [0.717, 1.165) is 28.9 Å². The molecule has 0 bridgehead atoms. The third-order valence-electron chi connectivity index (χ3n) is 2.24. The van der Waals surface area contributed by atoms with E-state index in [2.05, 4.69) is 6.58 Å². The second kappa shape index (κ2) is 5.56. The van der Waals surface area contributed by atoms with Crippen molar-refractivity contribution in [1.82, 2.24) is 0 Å². The van der Waals surface area contributed by atoms with E-state index in [4.69, 9.17) is 9.84 Å². The molecular weight excluding hydrogens is 188 g/mol. The Morgan fingerprint density at radius 2 is 2.20 bits per heavy atom. The first kappa shape index (κ1) is 11.8. The minimum Gasteiger partial charge on any atom is -0.493 e. The molecule has 82 valence electrons. The fraction of sp³-hybridized carbons (Fsp3) is 0.385. The second-order valence-corrected chi connectivity index (χ2v) is 3.78. The molecule has 0 unspecified atom stereocenters. The van der Waals surface area contributed by atoms with Gasteiger partial charge in [-0.3, -0.25) is 0 Å². The highest BCUT2D eigenvalue weighted by molar-refractivity contribution is 5.40. The summed E-state index contributed by atoms with van der Waals surface area (Å²) in [5.74, 6) is 0.807. The molecule has 1 aromatic rings. The van der Waals surface area contributed by atoms with Crippen LogP contribution in [0.2, 0.25) is 0 Å². The molecule has 2 heteroatoms.